The average Bonchev–Trinajstić information content (AvgIpc) is 3.18. The Bertz CT molecular complexity index is 1430. The second-order valence-electron chi connectivity index (χ2n) is 10.3. The van der Waals surface area contributed by atoms with Crippen LogP contribution in [0.2, 0.25) is 0 Å². The van der Waals surface area contributed by atoms with Gasteiger partial charge in [0.05, 0.1) is 16.0 Å². The Balaban J connectivity index is 1.61. The lowest BCUT2D eigenvalue weighted by molar-refractivity contribution is -0.401. The maximum absolute atomic E-state index is 11.5. The first-order chi connectivity index (χ1) is 16.6. The molecule has 2 aliphatic rings. The lowest BCUT2D eigenvalue weighted by Crippen LogP contribution is -2.26. The number of benzene rings is 3. The van der Waals surface area contributed by atoms with Crippen molar-refractivity contribution in [2.24, 2.45) is 0 Å². The molecule has 5 heteroatoms. The van der Waals surface area contributed by atoms with Gasteiger partial charge in [0.2, 0.25) is 5.69 Å². The van der Waals surface area contributed by atoms with Crippen molar-refractivity contribution in [1.82, 2.24) is 0 Å². The van der Waals surface area contributed by atoms with Gasteiger partial charge in [-0.1, -0.05) is 56.3 Å². The van der Waals surface area contributed by atoms with Crippen molar-refractivity contribution in [2.75, 3.05) is 11.9 Å². The molecule has 0 amide bonds. The van der Waals surface area contributed by atoms with Crippen LogP contribution < -0.4 is 4.90 Å². The second-order valence-corrected chi connectivity index (χ2v) is 10.3. The molecule has 0 spiro atoms. The smallest absolute Gasteiger partial charge is 0.269 e. The van der Waals surface area contributed by atoms with Gasteiger partial charge in [0.25, 0.3) is 5.69 Å². The zero-order valence-corrected chi connectivity index (χ0v) is 20.8. The molecule has 0 N–H and O–H groups in total. The summed E-state index contributed by atoms with van der Waals surface area (Å²) >= 11 is 0. The van der Waals surface area contributed by atoms with Gasteiger partial charge in [-0.3, -0.25) is 10.1 Å². The minimum atomic E-state index is -0.410. The van der Waals surface area contributed by atoms with E-state index in [-0.39, 0.29) is 16.0 Å². The van der Waals surface area contributed by atoms with Gasteiger partial charge in [0.1, 0.15) is 7.05 Å². The first-order valence-corrected chi connectivity index (χ1v) is 11.9. The van der Waals surface area contributed by atoms with Gasteiger partial charge in [0.15, 0.2) is 5.71 Å². The van der Waals surface area contributed by atoms with Crippen molar-refractivity contribution in [3.63, 3.8) is 0 Å². The van der Waals surface area contributed by atoms with E-state index in [1.807, 2.05) is 24.3 Å². The number of hydrogen-bond acceptors (Lipinski definition) is 3. The number of nitrogens with zero attached hydrogens (tertiary/aromatic N) is 3. The minimum Gasteiger partial charge on any atom is -0.313 e. The molecule has 0 atom stereocenters. The lowest BCUT2D eigenvalue weighted by atomic mass is 9.81. The predicted molar refractivity (Wildman–Crippen MR) is 142 cm³/mol. The minimum absolute atomic E-state index is 0.103. The first-order valence-electron chi connectivity index (χ1n) is 11.9. The van der Waals surface area contributed by atoms with E-state index < -0.39 is 5.41 Å². The summed E-state index contributed by atoms with van der Waals surface area (Å²) in [5.74, 6) is 0. The highest BCUT2D eigenvalue weighted by molar-refractivity contribution is 6.03. The second kappa shape index (κ2) is 8.05. The number of nitro groups is 1. The van der Waals surface area contributed by atoms with Crippen molar-refractivity contribution in [3.05, 3.63) is 118 Å². The van der Waals surface area contributed by atoms with Crippen LogP contribution in [0.1, 0.15) is 38.8 Å². The number of anilines is 2. The van der Waals surface area contributed by atoms with E-state index in [0.29, 0.717) is 0 Å². The van der Waals surface area contributed by atoms with E-state index in [9.17, 15) is 10.1 Å². The zero-order chi connectivity index (χ0) is 25.0. The molecule has 0 aliphatic carbocycles. The molecule has 5 rings (SSSR count). The van der Waals surface area contributed by atoms with Crippen LogP contribution in [0.15, 0.2) is 96.7 Å². The molecule has 2 heterocycles. The van der Waals surface area contributed by atoms with E-state index in [1.165, 1.54) is 17.0 Å². The third-order valence-corrected chi connectivity index (χ3v) is 7.45. The van der Waals surface area contributed by atoms with Crippen molar-refractivity contribution in [1.29, 1.82) is 0 Å². The molecule has 2 aliphatic heterocycles. The van der Waals surface area contributed by atoms with Crippen molar-refractivity contribution < 1.29 is 9.50 Å². The molecule has 3 aromatic rings. The molecule has 0 radical (unpaired) electrons. The highest BCUT2D eigenvalue weighted by Crippen LogP contribution is 2.52. The molecule has 0 saturated heterocycles. The van der Waals surface area contributed by atoms with Crippen molar-refractivity contribution >= 4 is 28.5 Å². The summed E-state index contributed by atoms with van der Waals surface area (Å²) in [6.45, 7) is 8.78. The maximum Gasteiger partial charge on any atom is 0.269 e. The average molecular weight is 465 g/mol. The fourth-order valence-electron chi connectivity index (χ4n) is 5.55. The molecule has 0 bridgehead atoms. The third-order valence-electron chi connectivity index (χ3n) is 7.45. The van der Waals surface area contributed by atoms with Crippen LogP contribution in [0.4, 0.5) is 22.7 Å². The number of rotatable bonds is 4. The van der Waals surface area contributed by atoms with Crippen LogP contribution in [-0.2, 0) is 10.8 Å². The number of para-hydroxylation sites is 2. The topological polar surface area (TPSA) is 49.4 Å². The van der Waals surface area contributed by atoms with Crippen LogP contribution in [-0.4, -0.2) is 22.3 Å². The molecule has 3 aromatic carbocycles. The third kappa shape index (κ3) is 3.50. The lowest BCUT2D eigenvalue weighted by Gasteiger charge is -2.27. The molecule has 0 unspecified atom stereocenters. The van der Waals surface area contributed by atoms with E-state index >= 15 is 0 Å². The van der Waals surface area contributed by atoms with E-state index in [0.717, 1.165) is 22.6 Å². The Labute approximate surface area is 206 Å². The van der Waals surface area contributed by atoms with Crippen LogP contribution in [0.3, 0.4) is 0 Å². The summed E-state index contributed by atoms with van der Waals surface area (Å²) in [5.41, 5.74) is 7.42. The van der Waals surface area contributed by atoms with Crippen LogP contribution in [0.25, 0.3) is 0 Å². The summed E-state index contributed by atoms with van der Waals surface area (Å²) in [6, 6.07) is 23.9. The number of fused-ring (bicyclic) bond motifs is 2. The van der Waals surface area contributed by atoms with Gasteiger partial charge in [0, 0.05) is 46.6 Å². The van der Waals surface area contributed by atoms with Gasteiger partial charge in [-0.2, -0.15) is 4.58 Å². The zero-order valence-electron chi connectivity index (χ0n) is 20.8. The normalized spacial score (nSPS) is 18.9. The quantitative estimate of drug-likeness (QED) is 0.234. The standard InChI is InChI=1S/C30H30N3O2/c1-29(2)23-14-9-10-15-25(23)31(5)27(29)16-11-17-28-30(3,4)24-20-22(33(34)35)18-19-26(24)32(28)21-12-7-6-8-13-21/h6-20H,1-5H3/q+1. The molecule has 0 aromatic heterocycles. The SMILES string of the molecule is C[N+]1=C(C=CC=C2N(c3ccccc3)c3ccc([N+](=O)[O-])cc3C2(C)C)C(C)(C)c2ccccc21. The van der Waals surface area contributed by atoms with Crippen molar-refractivity contribution in [2.45, 2.75) is 38.5 Å². The summed E-state index contributed by atoms with van der Waals surface area (Å²) < 4.78 is 2.26. The Morgan fingerprint density at radius 1 is 0.886 bits per heavy atom. The Kier molecular flexibility index (Phi) is 5.24. The Hall–Kier alpha value is -3.99. The van der Waals surface area contributed by atoms with E-state index in [1.54, 1.807) is 12.1 Å². The number of nitro benzene ring substituents is 1. The first kappa shape index (κ1) is 22.8. The fourth-order valence-corrected chi connectivity index (χ4v) is 5.55. The molecule has 0 fully saturated rings. The van der Waals surface area contributed by atoms with Gasteiger partial charge in [-0.15, -0.1) is 0 Å². The molecule has 5 nitrogen and oxygen atoms in total. The highest BCUT2D eigenvalue weighted by Gasteiger charge is 2.43. The van der Waals surface area contributed by atoms with E-state index in [2.05, 4.69) is 98.8 Å². The molecular formula is C30H30N3O2+. The Morgan fingerprint density at radius 3 is 2.26 bits per heavy atom. The van der Waals surface area contributed by atoms with Gasteiger partial charge < -0.3 is 4.90 Å². The van der Waals surface area contributed by atoms with Gasteiger partial charge in [-0.25, -0.2) is 0 Å². The van der Waals surface area contributed by atoms with Crippen molar-refractivity contribution in [3.8, 4) is 0 Å². The maximum atomic E-state index is 11.5. The summed E-state index contributed by atoms with van der Waals surface area (Å²) in [7, 11) is 2.12. The predicted octanol–water partition coefficient (Wildman–Crippen LogP) is 7.17. The molecule has 0 saturated carbocycles. The monoisotopic (exact) mass is 464 g/mol. The molecular weight excluding hydrogens is 434 g/mol. The number of non-ortho nitro benzene ring substituents is 1. The van der Waals surface area contributed by atoms with Crippen LogP contribution in [0, 0.1) is 10.1 Å². The summed E-state index contributed by atoms with van der Waals surface area (Å²) in [6.07, 6.45) is 6.46. The largest absolute Gasteiger partial charge is 0.313 e. The number of allylic oxidation sites excluding steroid dienone is 4. The highest BCUT2D eigenvalue weighted by atomic mass is 16.6. The fraction of sp³-hybridized carbons (Fsp3) is 0.233. The molecule has 176 valence electrons. The van der Waals surface area contributed by atoms with E-state index in [4.69, 9.17) is 0 Å². The van der Waals surface area contributed by atoms with Gasteiger partial charge in [-0.05, 0) is 43.7 Å². The van der Waals surface area contributed by atoms with Crippen LogP contribution >= 0.6 is 0 Å². The van der Waals surface area contributed by atoms with Gasteiger partial charge >= 0.3 is 0 Å². The summed E-state index contributed by atoms with van der Waals surface area (Å²) in [5, 5.41) is 11.5. The van der Waals surface area contributed by atoms with Crippen LogP contribution in [0.5, 0.6) is 0 Å². The Morgan fingerprint density at radius 2 is 1.57 bits per heavy atom. The summed E-state index contributed by atoms with van der Waals surface area (Å²) in [4.78, 5) is 13.4. The molecule has 35 heavy (non-hydrogen) atoms. The number of hydrogen-bond donors (Lipinski definition) is 0.